The van der Waals surface area contributed by atoms with Crippen LogP contribution in [0, 0.1) is 0 Å². The molecule has 1 rings (SSSR count). The number of carbonyl (C=O) groups is 2. The van der Waals surface area contributed by atoms with Crippen LogP contribution in [0.15, 0.2) is 0 Å². The molecule has 0 aromatic heterocycles. The molecular weight excluding hydrogens is 260 g/mol. The second kappa shape index (κ2) is 10.6. The second-order valence-corrected chi connectivity index (χ2v) is 4.89. The molecule has 0 aliphatic carbocycles. The third-order valence-electron chi connectivity index (χ3n) is 3.19. The van der Waals surface area contributed by atoms with E-state index in [4.69, 9.17) is 9.47 Å². The van der Waals surface area contributed by atoms with Crippen LogP contribution in [0.2, 0.25) is 0 Å². The quantitative estimate of drug-likeness (QED) is 0.493. The minimum absolute atomic E-state index is 0.151. The van der Waals surface area contributed by atoms with E-state index in [0.29, 0.717) is 12.8 Å². The molecule has 1 saturated heterocycles. The molecule has 1 aliphatic rings. The smallest absolute Gasteiger partial charge is 0.307 e. The average Bonchev–Trinajstić information content (AvgIpc) is 2.48. The van der Waals surface area contributed by atoms with Crippen molar-refractivity contribution in [1.82, 2.24) is 10.2 Å². The highest BCUT2D eigenvalue weighted by Crippen LogP contribution is 1.98. The number of piperazine rings is 1. The summed E-state index contributed by atoms with van der Waals surface area (Å²) in [4.78, 5) is 24.9. The minimum Gasteiger partial charge on any atom is -0.462 e. The third kappa shape index (κ3) is 8.12. The number of rotatable bonds is 9. The van der Waals surface area contributed by atoms with Crippen LogP contribution in [0.4, 0.5) is 0 Å². The SMILES string of the molecule is CCCCC(=O)OCCOC(=O)CCN1CCNCC1. The summed E-state index contributed by atoms with van der Waals surface area (Å²) in [5.74, 6) is -0.447. The molecule has 0 aromatic rings. The van der Waals surface area contributed by atoms with Gasteiger partial charge >= 0.3 is 11.9 Å². The van der Waals surface area contributed by atoms with Gasteiger partial charge in [-0.3, -0.25) is 9.59 Å². The molecule has 0 saturated carbocycles. The van der Waals surface area contributed by atoms with E-state index in [9.17, 15) is 9.59 Å². The van der Waals surface area contributed by atoms with E-state index in [2.05, 4.69) is 10.2 Å². The van der Waals surface area contributed by atoms with Crippen molar-refractivity contribution in [1.29, 1.82) is 0 Å². The van der Waals surface area contributed by atoms with Gasteiger partial charge < -0.3 is 19.7 Å². The zero-order valence-corrected chi connectivity index (χ0v) is 12.4. The van der Waals surface area contributed by atoms with E-state index < -0.39 is 0 Å². The number of hydrogen-bond acceptors (Lipinski definition) is 6. The fraction of sp³-hybridized carbons (Fsp3) is 0.857. The van der Waals surface area contributed by atoms with Crippen LogP contribution < -0.4 is 5.32 Å². The van der Waals surface area contributed by atoms with Crippen LogP contribution >= 0.6 is 0 Å². The molecule has 0 radical (unpaired) electrons. The van der Waals surface area contributed by atoms with Gasteiger partial charge in [-0.25, -0.2) is 0 Å². The first-order valence-electron chi connectivity index (χ1n) is 7.46. The highest BCUT2D eigenvalue weighted by molar-refractivity contribution is 5.70. The Morgan fingerprint density at radius 1 is 1.05 bits per heavy atom. The summed E-state index contributed by atoms with van der Waals surface area (Å²) in [5, 5.41) is 3.26. The average molecular weight is 286 g/mol. The molecular formula is C14H26N2O4. The van der Waals surface area contributed by atoms with E-state index in [0.717, 1.165) is 45.6 Å². The Morgan fingerprint density at radius 2 is 1.65 bits per heavy atom. The van der Waals surface area contributed by atoms with Gasteiger partial charge in [-0.05, 0) is 6.42 Å². The number of nitrogens with one attached hydrogen (secondary N) is 1. The van der Waals surface area contributed by atoms with Crippen molar-refractivity contribution in [3.63, 3.8) is 0 Å². The van der Waals surface area contributed by atoms with Gasteiger partial charge in [0, 0.05) is 39.1 Å². The fourth-order valence-electron chi connectivity index (χ4n) is 1.96. The number of hydrogen-bond donors (Lipinski definition) is 1. The summed E-state index contributed by atoms with van der Waals surface area (Å²) in [6, 6.07) is 0. The van der Waals surface area contributed by atoms with Crippen molar-refractivity contribution in [2.24, 2.45) is 0 Å². The Bertz CT molecular complexity index is 291. The maximum atomic E-state index is 11.5. The van der Waals surface area contributed by atoms with Crippen molar-refractivity contribution in [3.8, 4) is 0 Å². The maximum Gasteiger partial charge on any atom is 0.307 e. The van der Waals surface area contributed by atoms with E-state index in [1.807, 2.05) is 6.92 Å². The normalized spacial score (nSPS) is 15.8. The summed E-state index contributed by atoms with van der Waals surface area (Å²) in [6.07, 6.45) is 2.64. The number of ether oxygens (including phenoxy) is 2. The Kier molecular flexibility index (Phi) is 8.98. The molecule has 0 spiro atoms. The summed E-state index contributed by atoms with van der Waals surface area (Å²) in [6.45, 7) is 6.96. The summed E-state index contributed by atoms with van der Waals surface area (Å²) < 4.78 is 9.98. The van der Waals surface area contributed by atoms with Crippen molar-refractivity contribution in [2.75, 3.05) is 45.9 Å². The fourth-order valence-corrected chi connectivity index (χ4v) is 1.96. The van der Waals surface area contributed by atoms with Crippen LogP contribution in [0.25, 0.3) is 0 Å². The summed E-state index contributed by atoms with van der Waals surface area (Å²) in [5.41, 5.74) is 0. The summed E-state index contributed by atoms with van der Waals surface area (Å²) in [7, 11) is 0. The van der Waals surface area contributed by atoms with Crippen molar-refractivity contribution in [2.45, 2.75) is 32.6 Å². The summed E-state index contributed by atoms with van der Waals surface area (Å²) >= 11 is 0. The van der Waals surface area contributed by atoms with Gasteiger partial charge in [0.25, 0.3) is 0 Å². The van der Waals surface area contributed by atoms with E-state index in [1.165, 1.54) is 0 Å². The van der Waals surface area contributed by atoms with Gasteiger partial charge in [0.2, 0.25) is 0 Å². The molecule has 6 heteroatoms. The highest BCUT2D eigenvalue weighted by Gasteiger charge is 2.12. The Labute approximate surface area is 120 Å². The molecule has 0 unspecified atom stereocenters. The highest BCUT2D eigenvalue weighted by atomic mass is 16.6. The first kappa shape index (κ1) is 16.9. The monoisotopic (exact) mass is 286 g/mol. The van der Waals surface area contributed by atoms with Gasteiger partial charge in [0.15, 0.2) is 0 Å². The predicted octanol–water partition coefficient (Wildman–Crippen LogP) is 0.558. The number of carbonyl (C=O) groups excluding carboxylic acids is 2. The lowest BCUT2D eigenvalue weighted by atomic mass is 10.2. The molecule has 6 nitrogen and oxygen atoms in total. The molecule has 0 aromatic carbocycles. The van der Waals surface area contributed by atoms with Crippen LogP contribution in [0.5, 0.6) is 0 Å². The molecule has 20 heavy (non-hydrogen) atoms. The van der Waals surface area contributed by atoms with Gasteiger partial charge in [0.1, 0.15) is 13.2 Å². The first-order chi connectivity index (χ1) is 9.72. The van der Waals surface area contributed by atoms with Crippen molar-refractivity contribution >= 4 is 11.9 Å². The molecule has 1 fully saturated rings. The zero-order valence-electron chi connectivity index (χ0n) is 12.4. The molecule has 1 aliphatic heterocycles. The molecule has 1 N–H and O–H groups in total. The topological polar surface area (TPSA) is 67.9 Å². The standard InChI is InChI=1S/C14H26N2O4/c1-2-3-4-13(17)19-11-12-20-14(18)5-8-16-9-6-15-7-10-16/h15H,2-12H2,1H3. The minimum atomic E-state index is -0.229. The molecule has 116 valence electrons. The van der Waals surface area contributed by atoms with Crippen LogP contribution in [0.1, 0.15) is 32.6 Å². The third-order valence-corrected chi connectivity index (χ3v) is 3.19. The van der Waals surface area contributed by atoms with E-state index in [-0.39, 0.29) is 25.2 Å². The Balaban J connectivity index is 1.95. The van der Waals surface area contributed by atoms with Crippen molar-refractivity contribution in [3.05, 3.63) is 0 Å². The first-order valence-corrected chi connectivity index (χ1v) is 7.46. The lowest BCUT2D eigenvalue weighted by molar-refractivity contribution is -0.152. The van der Waals surface area contributed by atoms with Crippen LogP contribution in [-0.4, -0.2) is 62.8 Å². The lowest BCUT2D eigenvalue weighted by Crippen LogP contribution is -2.44. The van der Waals surface area contributed by atoms with Crippen LogP contribution in [-0.2, 0) is 19.1 Å². The zero-order chi connectivity index (χ0) is 14.6. The second-order valence-electron chi connectivity index (χ2n) is 4.89. The van der Waals surface area contributed by atoms with E-state index >= 15 is 0 Å². The number of nitrogens with zero attached hydrogens (tertiary/aromatic N) is 1. The molecule has 0 bridgehead atoms. The van der Waals surface area contributed by atoms with Gasteiger partial charge in [-0.15, -0.1) is 0 Å². The Hall–Kier alpha value is -1.14. The molecule has 1 heterocycles. The predicted molar refractivity (Wildman–Crippen MR) is 75.4 cm³/mol. The molecule has 0 amide bonds. The number of esters is 2. The number of unbranched alkanes of at least 4 members (excludes halogenated alkanes) is 1. The van der Waals surface area contributed by atoms with Gasteiger partial charge in [-0.1, -0.05) is 13.3 Å². The largest absolute Gasteiger partial charge is 0.462 e. The lowest BCUT2D eigenvalue weighted by Gasteiger charge is -2.26. The van der Waals surface area contributed by atoms with Gasteiger partial charge in [-0.2, -0.15) is 0 Å². The Morgan fingerprint density at radius 3 is 2.25 bits per heavy atom. The van der Waals surface area contributed by atoms with E-state index in [1.54, 1.807) is 0 Å². The van der Waals surface area contributed by atoms with Gasteiger partial charge in [0.05, 0.1) is 6.42 Å². The van der Waals surface area contributed by atoms with Crippen molar-refractivity contribution < 1.29 is 19.1 Å². The molecule has 0 atom stereocenters. The maximum absolute atomic E-state index is 11.5. The van der Waals surface area contributed by atoms with Crippen LogP contribution in [0.3, 0.4) is 0 Å².